The molecule has 0 amide bonds. The molecule has 0 saturated carbocycles. The van der Waals surface area contributed by atoms with Crippen molar-refractivity contribution in [1.82, 2.24) is 4.98 Å². The van der Waals surface area contributed by atoms with Crippen LogP contribution in [0.1, 0.15) is 6.42 Å². The van der Waals surface area contributed by atoms with Crippen molar-refractivity contribution in [3.63, 3.8) is 0 Å². The van der Waals surface area contributed by atoms with Gasteiger partial charge >= 0.3 is 0 Å². The summed E-state index contributed by atoms with van der Waals surface area (Å²) in [6.07, 6.45) is 4.60. The quantitative estimate of drug-likeness (QED) is 0.853. The topological polar surface area (TPSA) is 42.1 Å². The lowest BCUT2D eigenvalue weighted by atomic mass is 10.2. The molecule has 0 radical (unpaired) electrons. The normalized spacial score (nSPS) is 10.2. The van der Waals surface area contributed by atoms with Crippen LogP contribution >= 0.6 is 0 Å². The van der Waals surface area contributed by atoms with Crippen LogP contribution in [0.15, 0.2) is 54.9 Å². The summed E-state index contributed by atoms with van der Waals surface area (Å²) in [5.41, 5.74) is 7.93. The van der Waals surface area contributed by atoms with Crippen LogP contribution in [0, 0.1) is 0 Å². The van der Waals surface area contributed by atoms with Crippen molar-refractivity contribution in [3.8, 4) is 0 Å². The molecule has 2 N–H and O–H groups in total. The first-order valence-corrected chi connectivity index (χ1v) is 5.84. The van der Waals surface area contributed by atoms with Crippen molar-refractivity contribution < 1.29 is 0 Å². The number of pyridine rings is 1. The minimum atomic E-state index is 0.703. The Labute approximate surface area is 102 Å². The van der Waals surface area contributed by atoms with Gasteiger partial charge in [0.25, 0.3) is 0 Å². The van der Waals surface area contributed by atoms with E-state index in [1.54, 1.807) is 0 Å². The molecule has 3 nitrogen and oxygen atoms in total. The lowest BCUT2D eigenvalue weighted by Crippen LogP contribution is -2.20. The molecular weight excluding hydrogens is 210 g/mol. The van der Waals surface area contributed by atoms with E-state index in [1.165, 1.54) is 5.69 Å². The number of para-hydroxylation sites is 1. The molecule has 0 aliphatic carbocycles. The molecule has 0 aliphatic rings. The maximum atomic E-state index is 5.59. The van der Waals surface area contributed by atoms with Gasteiger partial charge in [0.15, 0.2) is 0 Å². The van der Waals surface area contributed by atoms with Crippen molar-refractivity contribution in [1.29, 1.82) is 0 Å². The van der Waals surface area contributed by atoms with Crippen LogP contribution in [0.2, 0.25) is 0 Å². The van der Waals surface area contributed by atoms with Crippen LogP contribution in [0.4, 0.5) is 11.4 Å². The first-order valence-electron chi connectivity index (χ1n) is 5.84. The fraction of sp³-hybridized carbons (Fsp3) is 0.214. The van der Waals surface area contributed by atoms with Crippen molar-refractivity contribution in [2.75, 3.05) is 18.0 Å². The molecule has 0 bridgehead atoms. The number of nitrogens with two attached hydrogens (primary N) is 1. The Hall–Kier alpha value is -1.87. The summed E-state index contributed by atoms with van der Waals surface area (Å²) < 4.78 is 0. The number of aromatic nitrogens is 1. The Morgan fingerprint density at radius 2 is 1.59 bits per heavy atom. The van der Waals surface area contributed by atoms with Gasteiger partial charge in [-0.05, 0) is 37.2 Å². The van der Waals surface area contributed by atoms with Crippen molar-refractivity contribution in [2.24, 2.45) is 5.73 Å². The number of hydrogen-bond acceptors (Lipinski definition) is 3. The monoisotopic (exact) mass is 227 g/mol. The molecule has 0 spiro atoms. The standard InChI is InChI=1S/C14H17N3/c15-9-4-12-17(13-5-2-1-3-6-13)14-7-10-16-11-8-14/h1-3,5-8,10-11H,4,9,12,15H2. The fourth-order valence-corrected chi connectivity index (χ4v) is 1.79. The molecule has 0 fully saturated rings. The van der Waals surface area contributed by atoms with E-state index in [0.29, 0.717) is 6.54 Å². The summed E-state index contributed by atoms with van der Waals surface area (Å²) in [5, 5.41) is 0. The number of hydrogen-bond donors (Lipinski definition) is 1. The van der Waals surface area contributed by atoms with Gasteiger partial charge in [-0.3, -0.25) is 4.98 Å². The van der Waals surface area contributed by atoms with Crippen LogP contribution in [0.25, 0.3) is 0 Å². The second-order valence-electron chi connectivity index (χ2n) is 3.83. The van der Waals surface area contributed by atoms with Crippen LogP contribution < -0.4 is 10.6 Å². The van der Waals surface area contributed by atoms with E-state index >= 15 is 0 Å². The van der Waals surface area contributed by atoms with Crippen molar-refractivity contribution in [3.05, 3.63) is 54.9 Å². The zero-order chi connectivity index (χ0) is 11.9. The third-order valence-electron chi connectivity index (χ3n) is 2.63. The summed E-state index contributed by atoms with van der Waals surface area (Å²) >= 11 is 0. The SMILES string of the molecule is NCCCN(c1ccccc1)c1ccncc1. The predicted octanol–water partition coefficient (Wildman–Crippen LogP) is 2.57. The highest BCUT2D eigenvalue weighted by Gasteiger charge is 2.07. The van der Waals surface area contributed by atoms with Gasteiger partial charge in [-0.15, -0.1) is 0 Å². The Kier molecular flexibility index (Phi) is 4.11. The van der Waals surface area contributed by atoms with E-state index in [9.17, 15) is 0 Å². The molecule has 0 atom stereocenters. The Balaban J connectivity index is 2.26. The maximum absolute atomic E-state index is 5.59. The predicted molar refractivity (Wildman–Crippen MR) is 71.4 cm³/mol. The summed E-state index contributed by atoms with van der Waals surface area (Å²) in [6.45, 7) is 1.62. The number of anilines is 2. The minimum Gasteiger partial charge on any atom is -0.341 e. The third-order valence-corrected chi connectivity index (χ3v) is 2.63. The second kappa shape index (κ2) is 6.01. The largest absolute Gasteiger partial charge is 0.341 e. The van der Waals surface area contributed by atoms with Gasteiger partial charge in [0.1, 0.15) is 0 Å². The summed E-state index contributed by atoms with van der Waals surface area (Å²) in [4.78, 5) is 6.31. The van der Waals surface area contributed by atoms with Gasteiger partial charge in [-0.2, -0.15) is 0 Å². The molecule has 0 saturated heterocycles. The number of benzene rings is 1. The minimum absolute atomic E-state index is 0.703. The highest BCUT2D eigenvalue weighted by atomic mass is 15.1. The highest BCUT2D eigenvalue weighted by Crippen LogP contribution is 2.24. The molecular formula is C14H17N3. The van der Waals surface area contributed by atoms with E-state index < -0.39 is 0 Å². The van der Waals surface area contributed by atoms with Gasteiger partial charge in [0.05, 0.1) is 0 Å². The Morgan fingerprint density at radius 3 is 2.24 bits per heavy atom. The van der Waals surface area contributed by atoms with Gasteiger partial charge in [0, 0.05) is 30.3 Å². The van der Waals surface area contributed by atoms with Gasteiger partial charge in [-0.25, -0.2) is 0 Å². The lowest BCUT2D eigenvalue weighted by molar-refractivity contribution is 0.817. The highest BCUT2D eigenvalue weighted by molar-refractivity contribution is 5.62. The van der Waals surface area contributed by atoms with Crippen molar-refractivity contribution >= 4 is 11.4 Å². The summed E-state index contributed by atoms with van der Waals surface area (Å²) in [5.74, 6) is 0. The molecule has 0 unspecified atom stereocenters. The average Bonchev–Trinajstić information content (AvgIpc) is 2.42. The molecule has 1 heterocycles. The molecule has 1 aromatic heterocycles. The molecule has 2 aromatic rings. The average molecular weight is 227 g/mol. The molecule has 17 heavy (non-hydrogen) atoms. The second-order valence-corrected chi connectivity index (χ2v) is 3.83. The lowest BCUT2D eigenvalue weighted by Gasteiger charge is -2.24. The fourth-order valence-electron chi connectivity index (χ4n) is 1.79. The van der Waals surface area contributed by atoms with Gasteiger partial charge in [0.2, 0.25) is 0 Å². The van der Waals surface area contributed by atoms with E-state index in [2.05, 4.69) is 22.0 Å². The van der Waals surface area contributed by atoms with Crippen molar-refractivity contribution in [2.45, 2.75) is 6.42 Å². The molecule has 88 valence electrons. The van der Waals surface area contributed by atoms with Gasteiger partial charge < -0.3 is 10.6 Å². The molecule has 1 aromatic carbocycles. The smallest absolute Gasteiger partial charge is 0.0441 e. The maximum Gasteiger partial charge on any atom is 0.0441 e. The van der Waals surface area contributed by atoms with Crippen LogP contribution in [-0.2, 0) is 0 Å². The molecule has 3 heteroatoms. The molecule has 2 rings (SSSR count). The first-order chi connectivity index (χ1) is 8.42. The summed E-state index contributed by atoms with van der Waals surface area (Å²) in [6, 6.07) is 14.4. The first kappa shape index (κ1) is 11.6. The Morgan fingerprint density at radius 1 is 0.941 bits per heavy atom. The Bertz CT molecular complexity index is 388. The zero-order valence-corrected chi connectivity index (χ0v) is 9.79. The van der Waals surface area contributed by atoms with E-state index in [4.69, 9.17) is 5.73 Å². The number of nitrogens with zero attached hydrogens (tertiary/aromatic N) is 2. The van der Waals surface area contributed by atoms with Crippen LogP contribution in [-0.4, -0.2) is 18.1 Å². The van der Waals surface area contributed by atoms with E-state index in [1.807, 2.05) is 42.7 Å². The summed E-state index contributed by atoms with van der Waals surface area (Å²) in [7, 11) is 0. The van der Waals surface area contributed by atoms with E-state index in [0.717, 1.165) is 18.7 Å². The number of rotatable bonds is 5. The van der Waals surface area contributed by atoms with Gasteiger partial charge in [-0.1, -0.05) is 18.2 Å². The van der Waals surface area contributed by atoms with Crippen LogP contribution in [0.3, 0.4) is 0 Å². The van der Waals surface area contributed by atoms with E-state index in [-0.39, 0.29) is 0 Å². The third kappa shape index (κ3) is 3.04. The zero-order valence-electron chi connectivity index (χ0n) is 9.79. The molecule has 0 aliphatic heterocycles. The van der Waals surface area contributed by atoms with Crippen LogP contribution in [0.5, 0.6) is 0 Å².